The molecule has 0 saturated carbocycles. The van der Waals surface area contributed by atoms with Crippen molar-refractivity contribution in [1.82, 2.24) is 5.32 Å². The second kappa shape index (κ2) is 10.8. The number of amidine groups is 1. The lowest BCUT2D eigenvalue weighted by Gasteiger charge is -2.13. The Morgan fingerprint density at radius 1 is 1.09 bits per heavy atom. The molecule has 4 rings (SSSR count). The van der Waals surface area contributed by atoms with Gasteiger partial charge in [0.1, 0.15) is 12.4 Å². The summed E-state index contributed by atoms with van der Waals surface area (Å²) in [6.07, 6.45) is 1.78. The van der Waals surface area contributed by atoms with Crippen LogP contribution in [0.3, 0.4) is 0 Å². The van der Waals surface area contributed by atoms with Gasteiger partial charge in [0.25, 0.3) is 5.91 Å². The van der Waals surface area contributed by atoms with Crippen LogP contribution in [0.25, 0.3) is 6.08 Å². The molecule has 1 heterocycles. The summed E-state index contributed by atoms with van der Waals surface area (Å²) in [5.74, 6) is 0.611. The predicted molar refractivity (Wildman–Crippen MR) is 135 cm³/mol. The summed E-state index contributed by atoms with van der Waals surface area (Å²) in [6.45, 7) is 4.50. The molecule has 3 aromatic rings. The van der Waals surface area contributed by atoms with Crippen LogP contribution in [0.4, 0.5) is 10.1 Å². The number of amides is 1. The molecule has 0 aromatic heterocycles. The molecule has 3 aromatic carbocycles. The van der Waals surface area contributed by atoms with Crippen LogP contribution >= 0.6 is 23.4 Å². The van der Waals surface area contributed by atoms with E-state index >= 15 is 0 Å². The Balaban J connectivity index is 1.52. The van der Waals surface area contributed by atoms with Crippen molar-refractivity contribution in [3.8, 4) is 11.5 Å². The van der Waals surface area contributed by atoms with Crippen molar-refractivity contribution in [3.05, 3.63) is 93.1 Å². The Morgan fingerprint density at radius 3 is 2.65 bits per heavy atom. The molecule has 8 heteroatoms. The molecule has 1 N–H and O–H groups in total. The van der Waals surface area contributed by atoms with Crippen molar-refractivity contribution < 1.29 is 18.7 Å². The topological polar surface area (TPSA) is 59.9 Å². The van der Waals surface area contributed by atoms with Gasteiger partial charge >= 0.3 is 0 Å². The molecule has 1 amide bonds. The van der Waals surface area contributed by atoms with Gasteiger partial charge in [-0.3, -0.25) is 4.79 Å². The van der Waals surface area contributed by atoms with Crippen LogP contribution in [0.5, 0.6) is 11.5 Å². The fourth-order valence-electron chi connectivity index (χ4n) is 3.20. The van der Waals surface area contributed by atoms with E-state index in [0.717, 1.165) is 16.7 Å². The van der Waals surface area contributed by atoms with Gasteiger partial charge in [0.2, 0.25) is 0 Å². The maximum absolute atomic E-state index is 13.1. The van der Waals surface area contributed by atoms with Gasteiger partial charge < -0.3 is 14.8 Å². The normalized spacial score (nSPS) is 15.6. The molecule has 0 spiro atoms. The fourth-order valence-corrected chi connectivity index (χ4v) is 4.21. The summed E-state index contributed by atoms with van der Waals surface area (Å²) in [5.41, 5.74) is 3.19. The van der Waals surface area contributed by atoms with Gasteiger partial charge in [0.15, 0.2) is 16.7 Å². The Kier molecular flexibility index (Phi) is 7.55. The molecule has 0 radical (unpaired) electrons. The van der Waals surface area contributed by atoms with Crippen LogP contribution in [0.1, 0.15) is 23.6 Å². The SMILES string of the molecule is CCOc1cc(/C=C2\SC(=Nc3cccc(Cl)c3C)NC2=O)ccc1OCc1ccc(F)cc1. The number of nitrogens with zero attached hydrogens (tertiary/aromatic N) is 1. The highest BCUT2D eigenvalue weighted by atomic mass is 35.5. The average molecular weight is 497 g/mol. The van der Waals surface area contributed by atoms with E-state index in [1.807, 2.05) is 38.1 Å². The number of ether oxygens (including phenoxy) is 2. The second-order valence-electron chi connectivity index (χ2n) is 7.42. The van der Waals surface area contributed by atoms with E-state index in [4.69, 9.17) is 21.1 Å². The molecule has 0 atom stereocenters. The smallest absolute Gasteiger partial charge is 0.264 e. The third-order valence-corrected chi connectivity index (χ3v) is 6.30. The second-order valence-corrected chi connectivity index (χ2v) is 8.86. The predicted octanol–water partition coefficient (Wildman–Crippen LogP) is 6.66. The van der Waals surface area contributed by atoms with E-state index in [-0.39, 0.29) is 18.3 Å². The van der Waals surface area contributed by atoms with Crippen LogP contribution in [-0.4, -0.2) is 17.7 Å². The van der Waals surface area contributed by atoms with E-state index in [0.29, 0.717) is 38.9 Å². The Bertz CT molecular complexity index is 1280. The highest BCUT2D eigenvalue weighted by Gasteiger charge is 2.24. The Morgan fingerprint density at radius 2 is 1.88 bits per heavy atom. The van der Waals surface area contributed by atoms with Gasteiger partial charge in [-0.15, -0.1) is 0 Å². The zero-order valence-corrected chi connectivity index (χ0v) is 20.2. The van der Waals surface area contributed by atoms with Crippen LogP contribution in [-0.2, 0) is 11.4 Å². The molecule has 1 aliphatic heterocycles. The quantitative estimate of drug-likeness (QED) is 0.372. The molecular formula is C26H22ClFN2O3S. The van der Waals surface area contributed by atoms with Gasteiger partial charge in [0.05, 0.1) is 17.2 Å². The molecule has 1 saturated heterocycles. The number of nitrogens with one attached hydrogen (secondary N) is 1. The maximum Gasteiger partial charge on any atom is 0.264 e. The van der Waals surface area contributed by atoms with Crippen LogP contribution in [0, 0.1) is 12.7 Å². The number of hydrogen-bond acceptors (Lipinski definition) is 5. The van der Waals surface area contributed by atoms with E-state index in [2.05, 4.69) is 10.3 Å². The van der Waals surface area contributed by atoms with Crippen molar-refractivity contribution in [2.45, 2.75) is 20.5 Å². The number of carbonyl (C=O) groups excluding carboxylic acids is 1. The lowest BCUT2D eigenvalue weighted by molar-refractivity contribution is -0.115. The minimum Gasteiger partial charge on any atom is -0.490 e. The number of aliphatic imine (C=N–C) groups is 1. The van der Waals surface area contributed by atoms with E-state index < -0.39 is 0 Å². The Hall–Kier alpha value is -3.29. The van der Waals surface area contributed by atoms with Gasteiger partial charge in [-0.2, -0.15) is 0 Å². The van der Waals surface area contributed by atoms with Gasteiger partial charge in [0, 0.05) is 5.02 Å². The highest BCUT2D eigenvalue weighted by molar-refractivity contribution is 8.18. The third-order valence-electron chi connectivity index (χ3n) is 4.98. The zero-order chi connectivity index (χ0) is 24.1. The lowest BCUT2D eigenvalue weighted by atomic mass is 10.2. The van der Waals surface area contributed by atoms with Crippen molar-refractivity contribution >= 4 is 46.2 Å². The summed E-state index contributed by atoms with van der Waals surface area (Å²) < 4.78 is 24.7. The first kappa shape index (κ1) is 23.9. The molecule has 0 aliphatic carbocycles. The molecule has 0 bridgehead atoms. The molecule has 34 heavy (non-hydrogen) atoms. The number of halogens is 2. The minimum absolute atomic E-state index is 0.224. The summed E-state index contributed by atoms with van der Waals surface area (Å²) in [7, 11) is 0. The number of thioether (sulfide) groups is 1. The van der Waals surface area contributed by atoms with Crippen molar-refractivity contribution in [3.63, 3.8) is 0 Å². The average Bonchev–Trinajstić information content (AvgIpc) is 3.16. The maximum atomic E-state index is 13.1. The number of carbonyl (C=O) groups is 1. The zero-order valence-electron chi connectivity index (χ0n) is 18.6. The monoisotopic (exact) mass is 496 g/mol. The molecular weight excluding hydrogens is 475 g/mol. The number of benzene rings is 3. The summed E-state index contributed by atoms with van der Waals surface area (Å²) >= 11 is 7.43. The van der Waals surface area contributed by atoms with Crippen molar-refractivity contribution in [2.24, 2.45) is 4.99 Å². The first-order valence-electron chi connectivity index (χ1n) is 10.6. The first-order valence-corrected chi connectivity index (χ1v) is 11.8. The molecule has 174 valence electrons. The van der Waals surface area contributed by atoms with Crippen molar-refractivity contribution in [2.75, 3.05) is 6.61 Å². The van der Waals surface area contributed by atoms with E-state index in [1.165, 1.54) is 23.9 Å². The molecule has 5 nitrogen and oxygen atoms in total. The van der Waals surface area contributed by atoms with Crippen molar-refractivity contribution in [1.29, 1.82) is 0 Å². The first-order chi connectivity index (χ1) is 16.4. The highest BCUT2D eigenvalue weighted by Crippen LogP contribution is 2.34. The van der Waals surface area contributed by atoms with Crippen LogP contribution in [0.15, 0.2) is 70.6 Å². The summed E-state index contributed by atoms with van der Waals surface area (Å²) in [5, 5.41) is 3.91. The lowest BCUT2D eigenvalue weighted by Crippen LogP contribution is -2.19. The summed E-state index contributed by atoms with van der Waals surface area (Å²) in [4.78, 5) is 17.6. The van der Waals surface area contributed by atoms with Gasteiger partial charge in [-0.1, -0.05) is 35.9 Å². The van der Waals surface area contributed by atoms with E-state index in [1.54, 1.807) is 30.3 Å². The van der Waals surface area contributed by atoms with Crippen LogP contribution < -0.4 is 14.8 Å². The fraction of sp³-hybridized carbons (Fsp3) is 0.154. The van der Waals surface area contributed by atoms with Gasteiger partial charge in [-0.05, 0) is 84.8 Å². The molecule has 1 fully saturated rings. The largest absolute Gasteiger partial charge is 0.490 e. The Labute approximate surface area is 206 Å². The number of rotatable bonds is 7. The third kappa shape index (κ3) is 5.79. The molecule has 1 aliphatic rings. The minimum atomic E-state index is -0.291. The summed E-state index contributed by atoms with van der Waals surface area (Å²) in [6, 6.07) is 17.1. The van der Waals surface area contributed by atoms with E-state index in [9.17, 15) is 9.18 Å². The standard InChI is InChI=1S/C26H22ClFN2O3S/c1-3-32-23-13-18(9-12-22(23)33-15-17-7-10-19(28)11-8-17)14-24-25(31)30-26(34-24)29-21-6-4-5-20(27)16(21)2/h4-14H,3,15H2,1-2H3,(H,29,30,31)/b24-14-. The molecule has 0 unspecified atom stereocenters. The number of hydrogen-bond donors (Lipinski definition) is 1. The van der Waals surface area contributed by atoms with Crippen LogP contribution in [0.2, 0.25) is 5.02 Å². The van der Waals surface area contributed by atoms with Gasteiger partial charge in [-0.25, -0.2) is 9.38 Å².